The Kier molecular flexibility index (Phi) is 3.18. The van der Waals surface area contributed by atoms with Crippen LogP contribution in [0.5, 0.6) is 0 Å². The third-order valence-corrected chi connectivity index (χ3v) is 2.82. The molecule has 1 aromatic carbocycles. The molecule has 0 saturated carbocycles. The minimum absolute atomic E-state index is 0.000370. The second kappa shape index (κ2) is 4.78. The highest BCUT2D eigenvalue weighted by atomic mass is 16.2. The van der Waals surface area contributed by atoms with E-state index in [0.717, 1.165) is 5.56 Å². The summed E-state index contributed by atoms with van der Waals surface area (Å²) < 4.78 is 0. The maximum absolute atomic E-state index is 12.0. The Balaban J connectivity index is 2.15. The molecule has 0 aliphatic carbocycles. The number of rotatable bonds is 3. The van der Waals surface area contributed by atoms with Gasteiger partial charge < -0.3 is 4.90 Å². The van der Waals surface area contributed by atoms with E-state index in [2.05, 4.69) is 15.4 Å². The number of nitrogens with zero attached hydrogens (tertiary/aromatic N) is 3. The fourth-order valence-electron chi connectivity index (χ4n) is 1.62. The maximum Gasteiger partial charge on any atom is 0.276 e. The average molecular weight is 230 g/mol. The molecule has 0 radical (unpaired) electrons. The molecular formula is C12H14N4O. The van der Waals surface area contributed by atoms with Gasteiger partial charge in [-0.2, -0.15) is 15.4 Å². The van der Waals surface area contributed by atoms with E-state index >= 15 is 0 Å². The summed E-state index contributed by atoms with van der Waals surface area (Å²) in [4.78, 5) is 13.7. The van der Waals surface area contributed by atoms with Gasteiger partial charge in [0.15, 0.2) is 5.69 Å². The zero-order chi connectivity index (χ0) is 12.3. The highest BCUT2D eigenvalue weighted by molar-refractivity contribution is 5.91. The molecule has 0 saturated heterocycles. The minimum Gasteiger partial charge on any atom is -0.334 e. The normalized spacial score (nSPS) is 12.1. The van der Waals surface area contributed by atoms with E-state index in [1.54, 1.807) is 11.9 Å². The minimum atomic E-state index is -0.143. The first-order valence-electron chi connectivity index (χ1n) is 5.38. The Hall–Kier alpha value is -2.17. The highest BCUT2D eigenvalue weighted by Gasteiger charge is 2.20. The summed E-state index contributed by atoms with van der Waals surface area (Å²) in [6, 6.07) is 9.87. The number of hydrogen-bond donors (Lipinski definition) is 1. The average Bonchev–Trinajstić information content (AvgIpc) is 2.91. The first-order chi connectivity index (χ1) is 8.20. The van der Waals surface area contributed by atoms with Crippen LogP contribution in [0.2, 0.25) is 0 Å². The van der Waals surface area contributed by atoms with Crippen molar-refractivity contribution in [3.63, 3.8) is 0 Å². The van der Waals surface area contributed by atoms with Crippen molar-refractivity contribution in [3.8, 4) is 0 Å². The molecule has 1 heterocycles. The lowest BCUT2D eigenvalue weighted by Crippen LogP contribution is -2.29. The summed E-state index contributed by atoms with van der Waals surface area (Å²) in [5.74, 6) is -0.143. The molecule has 1 aromatic heterocycles. The second-order valence-corrected chi connectivity index (χ2v) is 3.86. The van der Waals surface area contributed by atoms with Crippen LogP contribution < -0.4 is 0 Å². The van der Waals surface area contributed by atoms with Crippen LogP contribution in [0.25, 0.3) is 0 Å². The predicted octanol–water partition coefficient (Wildman–Crippen LogP) is 1.64. The SMILES string of the molecule is CC(c1ccccc1)N(C)C(=O)c1cn[nH]n1. The predicted molar refractivity (Wildman–Crippen MR) is 63.3 cm³/mol. The van der Waals surface area contributed by atoms with Crippen LogP contribution >= 0.6 is 0 Å². The van der Waals surface area contributed by atoms with Crippen LogP contribution in [0.15, 0.2) is 36.5 Å². The van der Waals surface area contributed by atoms with E-state index in [9.17, 15) is 4.79 Å². The van der Waals surface area contributed by atoms with E-state index in [0.29, 0.717) is 5.69 Å². The lowest BCUT2D eigenvalue weighted by atomic mass is 10.1. The van der Waals surface area contributed by atoms with E-state index in [-0.39, 0.29) is 11.9 Å². The Bertz CT molecular complexity index is 480. The van der Waals surface area contributed by atoms with Crippen LogP contribution in [0, 0.1) is 0 Å². The first kappa shape index (κ1) is 11.3. The number of aromatic nitrogens is 3. The molecule has 0 aliphatic rings. The topological polar surface area (TPSA) is 61.9 Å². The molecular weight excluding hydrogens is 216 g/mol. The Labute approximate surface area is 99.5 Å². The number of aromatic amines is 1. The second-order valence-electron chi connectivity index (χ2n) is 3.86. The van der Waals surface area contributed by atoms with Crippen molar-refractivity contribution in [2.24, 2.45) is 0 Å². The molecule has 1 amide bonds. The maximum atomic E-state index is 12.0. The van der Waals surface area contributed by atoms with Gasteiger partial charge in [0.25, 0.3) is 5.91 Å². The highest BCUT2D eigenvalue weighted by Crippen LogP contribution is 2.19. The monoisotopic (exact) mass is 230 g/mol. The van der Waals surface area contributed by atoms with Gasteiger partial charge in [-0.05, 0) is 12.5 Å². The Morgan fingerprint density at radius 2 is 2.06 bits per heavy atom. The van der Waals surface area contributed by atoms with Crippen LogP contribution in [0.1, 0.15) is 29.0 Å². The van der Waals surface area contributed by atoms with E-state index in [1.807, 2.05) is 37.3 Å². The standard InChI is InChI=1S/C12H14N4O/c1-9(10-6-4-3-5-7-10)16(2)12(17)11-8-13-15-14-11/h3-9H,1-2H3,(H,13,14,15). The summed E-state index contributed by atoms with van der Waals surface area (Å²) in [6.07, 6.45) is 1.43. The number of nitrogens with one attached hydrogen (secondary N) is 1. The van der Waals surface area contributed by atoms with Crippen molar-refractivity contribution < 1.29 is 4.79 Å². The summed E-state index contributed by atoms with van der Waals surface area (Å²) >= 11 is 0. The van der Waals surface area contributed by atoms with Gasteiger partial charge in [0.2, 0.25) is 0 Å². The molecule has 2 rings (SSSR count). The Morgan fingerprint density at radius 1 is 1.35 bits per heavy atom. The van der Waals surface area contributed by atoms with Crippen LogP contribution in [-0.2, 0) is 0 Å². The summed E-state index contributed by atoms with van der Waals surface area (Å²) in [5.41, 5.74) is 1.42. The van der Waals surface area contributed by atoms with Gasteiger partial charge in [-0.3, -0.25) is 4.79 Å². The molecule has 88 valence electrons. The molecule has 0 fully saturated rings. The summed E-state index contributed by atoms with van der Waals surface area (Å²) in [6.45, 7) is 1.98. The van der Waals surface area contributed by atoms with Gasteiger partial charge >= 0.3 is 0 Å². The summed E-state index contributed by atoms with van der Waals surface area (Å²) in [5, 5.41) is 9.86. The number of hydrogen-bond acceptors (Lipinski definition) is 3. The van der Waals surface area contributed by atoms with Crippen molar-refractivity contribution in [3.05, 3.63) is 47.8 Å². The quantitative estimate of drug-likeness (QED) is 0.871. The van der Waals surface area contributed by atoms with Crippen molar-refractivity contribution in [2.75, 3.05) is 7.05 Å². The summed E-state index contributed by atoms with van der Waals surface area (Å²) in [7, 11) is 1.76. The van der Waals surface area contributed by atoms with Gasteiger partial charge in [0, 0.05) is 7.05 Å². The zero-order valence-electron chi connectivity index (χ0n) is 9.79. The van der Waals surface area contributed by atoms with Gasteiger partial charge in [0.1, 0.15) is 0 Å². The zero-order valence-corrected chi connectivity index (χ0v) is 9.79. The van der Waals surface area contributed by atoms with Crippen LogP contribution in [0.4, 0.5) is 0 Å². The lowest BCUT2D eigenvalue weighted by Gasteiger charge is -2.24. The number of carbonyl (C=O) groups excluding carboxylic acids is 1. The van der Waals surface area contributed by atoms with Crippen LogP contribution in [-0.4, -0.2) is 33.3 Å². The van der Waals surface area contributed by atoms with Crippen molar-refractivity contribution in [1.82, 2.24) is 20.3 Å². The lowest BCUT2D eigenvalue weighted by molar-refractivity contribution is 0.0736. The van der Waals surface area contributed by atoms with Gasteiger partial charge in [-0.1, -0.05) is 30.3 Å². The van der Waals surface area contributed by atoms with Gasteiger partial charge in [-0.15, -0.1) is 0 Å². The molecule has 2 aromatic rings. The molecule has 1 unspecified atom stereocenters. The number of H-pyrrole nitrogens is 1. The van der Waals surface area contributed by atoms with E-state index in [1.165, 1.54) is 6.20 Å². The number of carbonyl (C=O) groups is 1. The van der Waals surface area contributed by atoms with Gasteiger partial charge in [-0.25, -0.2) is 0 Å². The van der Waals surface area contributed by atoms with Crippen molar-refractivity contribution >= 4 is 5.91 Å². The fraction of sp³-hybridized carbons (Fsp3) is 0.250. The van der Waals surface area contributed by atoms with Crippen molar-refractivity contribution in [2.45, 2.75) is 13.0 Å². The third-order valence-electron chi connectivity index (χ3n) is 2.82. The van der Waals surface area contributed by atoms with Gasteiger partial charge in [0.05, 0.1) is 12.2 Å². The Morgan fingerprint density at radius 3 is 2.65 bits per heavy atom. The fourth-order valence-corrected chi connectivity index (χ4v) is 1.62. The van der Waals surface area contributed by atoms with Crippen LogP contribution in [0.3, 0.4) is 0 Å². The third kappa shape index (κ3) is 2.33. The first-order valence-corrected chi connectivity index (χ1v) is 5.38. The number of benzene rings is 1. The number of amides is 1. The molecule has 5 heteroatoms. The largest absolute Gasteiger partial charge is 0.334 e. The molecule has 0 aliphatic heterocycles. The van der Waals surface area contributed by atoms with E-state index < -0.39 is 0 Å². The molecule has 5 nitrogen and oxygen atoms in total. The van der Waals surface area contributed by atoms with Crippen molar-refractivity contribution in [1.29, 1.82) is 0 Å². The molecule has 0 bridgehead atoms. The molecule has 17 heavy (non-hydrogen) atoms. The molecule has 1 N–H and O–H groups in total. The smallest absolute Gasteiger partial charge is 0.276 e. The van der Waals surface area contributed by atoms with E-state index in [4.69, 9.17) is 0 Å². The molecule has 1 atom stereocenters. The molecule has 0 spiro atoms.